The molecule has 1 spiro atoms. The number of carbonyl (C=O) groups is 1. The number of amides is 1. The molecule has 6 rings (SSSR count). The van der Waals surface area contributed by atoms with Crippen molar-refractivity contribution in [1.82, 2.24) is 14.9 Å². The van der Waals surface area contributed by atoms with E-state index in [1.807, 2.05) is 17.0 Å². The first-order valence-electron chi connectivity index (χ1n) is 11.0. The number of ether oxygens (including phenoxy) is 1. The van der Waals surface area contributed by atoms with Crippen molar-refractivity contribution in [1.29, 1.82) is 0 Å². The number of carbonyl (C=O) groups excluding carboxylic acids is 1. The molecule has 7 heteroatoms. The van der Waals surface area contributed by atoms with Gasteiger partial charge in [-0.1, -0.05) is 24.3 Å². The highest BCUT2D eigenvalue weighted by Gasteiger charge is 2.49. The minimum atomic E-state index is -0.300. The summed E-state index contributed by atoms with van der Waals surface area (Å²) in [5, 5.41) is 0. The maximum absolute atomic E-state index is 14.2. The van der Waals surface area contributed by atoms with Crippen LogP contribution in [-0.4, -0.2) is 53.6 Å². The van der Waals surface area contributed by atoms with E-state index in [0.717, 1.165) is 31.6 Å². The van der Waals surface area contributed by atoms with E-state index in [9.17, 15) is 9.18 Å². The van der Waals surface area contributed by atoms with Gasteiger partial charge in [-0.25, -0.2) is 14.4 Å². The topological polar surface area (TPSA) is 58.6 Å². The van der Waals surface area contributed by atoms with Crippen LogP contribution in [0, 0.1) is 5.82 Å². The summed E-state index contributed by atoms with van der Waals surface area (Å²) in [4.78, 5) is 26.1. The number of likely N-dealkylation sites (tertiary alicyclic amines) is 1. The van der Waals surface area contributed by atoms with Gasteiger partial charge in [0.2, 0.25) is 5.95 Å². The summed E-state index contributed by atoms with van der Waals surface area (Å²) in [5.41, 5.74) is 3.82. The summed E-state index contributed by atoms with van der Waals surface area (Å²) in [6, 6.07) is 12.6. The van der Waals surface area contributed by atoms with E-state index in [4.69, 9.17) is 4.74 Å². The Morgan fingerprint density at radius 1 is 1.03 bits per heavy atom. The third kappa shape index (κ3) is 2.99. The van der Waals surface area contributed by atoms with Gasteiger partial charge in [-0.05, 0) is 36.6 Å². The normalized spacial score (nSPS) is 18.7. The van der Waals surface area contributed by atoms with Crippen molar-refractivity contribution >= 4 is 17.5 Å². The molecular weight excluding hydrogens is 407 g/mol. The van der Waals surface area contributed by atoms with Crippen LogP contribution in [0.3, 0.4) is 0 Å². The van der Waals surface area contributed by atoms with E-state index in [1.54, 1.807) is 30.6 Å². The Morgan fingerprint density at radius 3 is 2.47 bits per heavy atom. The smallest absolute Gasteiger partial charge is 0.253 e. The zero-order valence-corrected chi connectivity index (χ0v) is 17.6. The summed E-state index contributed by atoms with van der Waals surface area (Å²) in [5.74, 6) is 0.318. The molecule has 2 aromatic carbocycles. The average Bonchev–Trinajstić information content (AvgIpc) is 3.45. The van der Waals surface area contributed by atoms with E-state index >= 15 is 0 Å². The first-order valence-corrected chi connectivity index (χ1v) is 11.0. The third-order valence-electron chi connectivity index (χ3n) is 6.78. The van der Waals surface area contributed by atoms with Crippen LogP contribution in [0.25, 0.3) is 11.1 Å². The second kappa shape index (κ2) is 7.38. The lowest BCUT2D eigenvalue weighted by Gasteiger charge is -2.38. The van der Waals surface area contributed by atoms with Crippen LogP contribution in [0.2, 0.25) is 0 Å². The Morgan fingerprint density at radius 2 is 1.78 bits per heavy atom. The second-order valence-electron chi connectivity index (χ2n) is 8.84. The second-order valence-corrected chi connectivity index (χ2v) is 8.84. The van der Waals surface area contributed by atoms with Crippen LogP contribution in [-0.2, 0) is 10.2 Å². The van der Waals surface area contributed by atoms with Crippen LogP contribution in [0.4, 0.5) is 16.0 Å². The lowest BCUT2D eigenvalue weighted by Crippen LogP contribution is -2.49. The van der Waals surface area contributed by atoms with E-state index < -0.39 is 0 Å². The van der Waals surface area contributed by atoms with Gasteiger partial charge in [-0.3, -0.25) is 4.79 Å². The minimum Gasteiger partial charge on any atom is -0.379 e. The van der Waals surface area contributed by atoms with Crippen molar-refractivity contribution in [2.24, 2.45) is 0 Å². The number of hydrogen-bond donors (Lipinski definition) is 0. The molecule has 6 nitrogen and oxygen atoms in total. The highest BCUT2D eigenvalue weighted by Crippen LogP contribution is 2.48. The number of aromatic nitrogens is 2. The molecule has 3 aliphatic heterocycles. The average molecular weight is 430 g/mol. The van der Waals surface area contributed by atoms with Gasteiger partial charge < -0.3 is 14.5 Å². The van der Waals surface area contributed by atoms with E-state index in [0.29, 0.717) is 42.4 Å². The molecule has 0 unspecified atom stereocenters. The van der Waals surface area contributed by atoms with Gasteiger partial charge in [-0.15, -0.1) is 0 Å². The largest absolute Gasteiger partial charge is 0.379 e. The number of rotatable bonds is 3. The van der Waals surface area contributed by atoms with Gasteiger partial charge in [0.15, 0.2) is 0 Å². The third-order valence-corrected chi connectivity index (χ3v) is 6.78. The van der Waals surface area contributed by atoms with E-state index in [2.05, 4.69) is 20.9 Å². The van der Waals surface area contributed by atoms with Crippen molar-refractivity contribution in [3.05, 3.63) is 71.8 Å². The SMILES string of the molecule is O=C(c1ccc2c(c1)N(c1ncc(-c3ccccc3F)cn1)CC21COC1)N1CCCC1. The number of fused-ring (bicyclic) bond motifs is 2. The predicted molar refractivity (Wildman–Crippen MR) is 119 cm³/mol. The zero-order valence-electron chi connectivity index (χ0n) is 17.6. The van der Waals surface area contributed by atoms with Gasteiger partial charge in [0.1, 0.15) is 5.82 Å². The molecule has 0 radical (unpaired) electrons. The molecule has 4 heterocycles. The quantitative estimate of drug-likeness (QED) is 0.630. The van der Waals surface area contributed by atoms with E-state index in [-0.39, 0.29) is 17.1 Å². The lowest BCUT2D eigenvalue weighted by molar-refractivity contribution is -0.0507. The van der Waals surface area contributed by atoms with E-state index in [1.165, 1.54) is 11.6 Å². The molecule has 0 atom stereocenters. The lowest BCUT2D eigenvalue weighted by atomic mass is 9.80. The molecule has 0 saturated carbocycles. The molecule has 3 aromatic rings. The van der Waals surface area contributed by atoms with Crippen LogP contribution < -0.4 is 4.90 Å². The monoisotopic (exact) mass is 430 g/mol. The standard InChI is InChI=1S/C25H23FN4O2/c26-21-6-2-1-5-19(21)18-12-27-24(28-13-18)30-14-25(15-32-16-25)20-8-7-17(11-22(20)30)23(31)29-9-3-4-10-29/h1-2,5-8,11-13H,3-4,9-10,14-16H2. The minimum absolute atomic E-state index is 0.0758. The Balaban J connectivity index is 1.36. The molecule has 162 valence electrons. The summed E-state index contributed by atoms with van der Waals surface area (Å²) in [6.07, 6.45) is 5.43. The molecule has 0 N–H and O–H groups in total. The number of hydrogen-bond acceptors (Lipinski definition) is 5. The van der Waals surface area contributed by atoms with Crippen molar-refractivity contribution in [3.63, 3.8) is 0 Å². The van der Waals surface area contributed by atoms with Crippen molar-refractivity contribution in [3.8, 4) is 11.1 Å². The molecule has 1 amide bonds. The summed E-state index contributed by atoms with van der Waals surface area (Å²) >= 11 is 0. The Hall–Kier alpha value is -3.32. The molecule has 0 bridgehead atoms. The zero-order chi connectivity index (χ0) is 21.7. The first kappa shape index (κ1) is 19.4. The van der Waals surface area contributed by atoms with Gasteiger partial charge in [0, 0.05) is 54.4 Å². The van der Waals surface area contributed by atoms with Crippen molar-refractivity contribution in [2.45, 2.75) is 18.3 Å². The molecule has 2 fully saturated rings. The summed E-state index contributed by atoms with van der Waals surface area (Å²) in [6.45, 7) is 3.62. The molecular formula is C25H23FN4O2. The van der Waals surface area contributed by atoms with Crippen LogP contribution >= 0.6 is 0 Å². The Kier molecular flexibility index (Phi) is 4.47. The van der Waals surface area contributed by atoms with Crippen molar-refractivity contribution in [2.75, 3.05) is 37.7 Å². The molecule has 0 aliphatic carbocycles. The Bertz CT molecular complexity index is 1190. The van der Waals surface area contributed by atoms with Crippen molar-refractivity contribution < 1.29 is 13.9 Å². The van der Waals surface area contributed by atoms with Crippen LogP contribution in [0.1, 0.15) is 28.8 Å². The summed E-state index contributed by atoms with van der Waals surface area (Å²) < 4.78 is 19.7. The molecule has 2 saturated heterocycles. The molecule has 32 heavy (non-hydrogen) atoms. The maximum atomic E-state index is 14.2. The van der Waals surface area contributed by atoms with Gasteiger partial charge >= 0.3 is 0 Å². The van der Waals surface area contributed by atoms with Gasteiger partial charge in [0.25, 0.3) is 5.91 Å². The fourth-order valence-electron chi connectivity index (χ4n) is 4.98. The fourth-order valence-corrected chi connectivity index (χ4v) is 4.98. The molecule has 3 aliphatic rings. The summed E-state index contributed by atoms with van der Waals surface area (Å²) in [7, 11) is 0. The number of anilines is 2. The Labute approximate surface area is 185 Å². The molecule has 1 aromatic heterocycles. The van der Waals surface area contributed by atoms with Crippen LogP contribution in [0.15, 0.2) is 54.9 Å². The van der Waals surface area contributed by atoms with Crippen LogP contribution in [0.5, 0.6) is 0 Å². The predicted octanol–water partition coefficient (Wildman–Crippen LogP) is 3.94. The van der Waals surface area contributed by atoms with Gasteiger partial charge in [-0.2, -0.15) is 0 Å². The van der Waals surface area contributed by atoms with Gasteiger partial charge in [0.05, 0.1) is 18.6 Å². The fraction of sp³-hybridized carbons (Fsp3) is 0.320. The number of benzene rings is 2. The number of halogens is 1. The number of nitrogens with zero attached hydrogens (tertiary/aromatic N) is 4. The first-order chi connectivity index (χ1) is 15.6. The highest BCUT2D eigenvalue weighted by atomic mass is 19.1. The maximum Gasteiger partial charge on any atom is 0.253 e. The highest BCUT2D eigenvalue weighted by molar-refractivity contribution is 5.96.